The maximum atomic E-state index is 12.7. The lowest BCUT2D eigenvalue weighted by Crippen LogP contribution is -2.09. The van der Waals surface area contributed by atoms with Gasteiger partial charge < -0.3 is 14.8 Å². The molecule has 0 aliphatic heterocycles. The van der Waals surface area contributed by atoms with Gasteiger partial charge >= 0.3 is 5.97 Å². The molecule has 3 aromatic rings. The van der Waals surface area contributed by atoms with Gasteiger partial charge in [-0.05, 0) is 18.2 Å². The van der Waals surface area contributed by atoms with Crippen LogP contribution in [0, 0.1) is 0 Å². The van der Waals surface area contributed by atoms with Crippen LogP contribution in [0.2, 0.25) is 0 Å². The van der Waals surface area contributed by atoms with Crippen LogP contribution in [0.5, 0.6) is 5.75 Å². The summed E-state index contributed by atoms with van der Waals surface area (Å²) in [6.07, 6.45) is 0. The number of ether oxygens (including phenoxy) is 1. The third-order valence-corrected chi connectivity index (χ3v) is 3.48. The van der Waals surface area contributed by atoms with E-state index in [1.54, 1.807) is 48.5 Å². The van der Waals surface area contributed by atoms with Crippen LogP contribution >= 0.6 is 0 Å². The molecule has 0 fully saturated rings. The summed E-state index contributed by atoms with van der Waals surface area (Å²) in [5.74, 6) is -0.977. The maximum Gasteiger partial charge on any atom is 0.338 e. The van der Waals surface area contributed by atoms with Crippen molar-refractivity contribution >= 4 is 22.7 Å². The summed E-state index contributed by atoms with van der Waals surface area (Å²) in [4.78, 5) is 27.1. The van der Waals surface area contributed by atoms with E-state index in [9.17, 15) is 14.7 Å². The number of hydrogen-bond acceptors (Lipinski definition) is 3. The van der Waals surface area contributed by atoms with Crippen molar-refractivity contribution in [2.45, 2.75) is 0 Å². The van der Waals surface area contributed by atoms with Crippen LogP contribution in [0.4, 0.5) is 0 Å². The van der Waals surface area contributed by atoms with Crippen molar-refractivity contribution in [2.75, 3.05) is 7.11 Å². The van der Waals surface area contributed by atoms with Crippen LogP contribution in [-0.4, -0.2) is 29.0 Å². The van der Waals surface area contributed by atoms with E-state index >= 15 is 0 Å². The highest BCUT2D eigenvalue weighted by Crippen LogP contribution is 2.25. The summed E-state index contributed by atoms with van der Waals surface area (Å²) in [7, 11) is 1.51. The van der Waals surface area contributed by atoms with Gasteiger partial charge in [0.2, 0.25) is 5.78 Å². The van der Waals surface area contributed by atoms with E-state index < -0.39 is 5.97 Å². The first-order chi connectivity index (χ1) is 10.6. The summed E-state index contributed by atoms with van der Waals surface area (Å²) >= 11 is 0. The van der Waals surface area contributed by atoms with E-state index in [1.807, 2.05) is 0 Å². The second kappa shape index (κ2) is 5.37. The van der Waals surface area contributed by atoms with Gasteiger partial charge in [-0.1, -0.05) is 30.3 Å². The number of aromatic carboxylic acids is 1. The number of para-hydroxylation sites is 1. The Balaban J connectivity index is 2.18. The van der Waals surface area contributed by atoms with E-state index in [0.717, 1.165) is 0 Å². The molecule has 2 N–H and O–H groups in total. The SMILES string of the molecule is COc1cccc(C(=O)c2[nH]c3ccccc3c2C(=O)O)c1. The van der Waals surface area contributed by atoms with E-state index in [4.69, 9.17) is 4.74 Å². The number of benzene rings is 2. The molecule has 0 radical (unpaired) electrons. The number of aromatic nitrogens is 1. The fourth-order valence-corrected chi connectivity index (χ4v) is 2.44. The summed E-state index contributed by atoms with van der Waals surface area (Å²) in [5.41, 5.74) is 1.05. The highest BCUT2D eigenvalue weighted by molar-refractivity contribution is 6.18. The Kier molecular flexibility index (Phi) is 3.39. The smallest absolute Gasteiger partial charge is 0.338 e. The lowest BCUT2D eigenvalue weighted by Gasteiger charge is -2.04. The summed E-state index contributed by atoms with van der Waals surface area (Å²) < 4.78 is 5.10. The molecule has 2 aromatic carbocycles. The Morgan fingerprint density at radius 3 is 2.59 bits per heavy atom. The predicted molar refractivity (Wildman–Crippen MR) is 81.7 cm³/mol. The Morgan fingerprint density at radius 2 is 1.86 bits per heavy atom. The van der Waals surface area contributed by atoms with Crippen molar-refractivity contribution in [1.82, 2.24) is 4.98 Å². The monoisotopic (exact) mass is 295 g/mol. The van der Waals surface area contributed by atoms with E-state index in [2.05, 4.69) is 4.98 Å². The number of ketones is 1. The molecule has 0 saturated carbocycles. The van der Waals surface area contributed by atoms with Gasteiger partial charge in [0.1, 0.15) is 11.4 Å². The van der Waals surface area contributed by atoms with Crippen LogP contribution in [-0.2, 0) is 0 Å². The molecule has 110 valence electrons. The fraction of sp³-hybridized carbons (Fsp3) is 0.0588. The van der Waals surface area contributed by atoms with Gasteiger partial charge in [0.25, 0.3) is 0 Å². The number of carbonyl (C=O) groups excluding carboxylic acids is 1. The zero-order valence-corrected chi connectivity index (χ0v) is 11.8. The second-order valence-electron chi connectivity index (χ2n) is 4.79. The van der Waals surface area contributed by atoms with Gasteiger partial charge in [0.05, 0.1) is 12.7 Å². The van der Waals surface area contributed by atoms with Gasteiger partial charge in [0.15, 0.2) is 0 Å². The Morgan fingerprint density at radius 1 is 1.09 bits per heavy atom. The molecule has 0 saturated heterocycles. The van der Waals surface area contributed by atoms with Crippen molar-refractivity contribution in [2.24, 2.45) is 0 Å². The van der Waals surface area contributed by atoms with Crippen molar-refractivity contribution in [3.63, 3.8) is 0 Å². The first-order valence-corrected chi connectivity index (χ1v) is 6.64. The Bertz CT molecular complexity index is 879. The van der Waals surface area contributed by atoms with Crippen molar-refractivity contribution in [1.29, 1.82) is 0 Å². The number of hydrogen-bond donors (Lipinski definition) is 2. The molecule has 0 unspecified atom stereocenters. The molecule has 0 amide bonds. The quantitative estimate of drug-likeness (QED) is 0.725. The molecule has 3 rings (SSSR count). The van der Waals surface area contributed by atoms with E-state index in [0.29, 0.717) is 22.2 Å². The number of rotatable bonds is 4. The number of fused-ring (bicyclic) bond motifs is 1. The normalized spacial score (nSPS) is 10.6. The van der Waals surface area contributed by atoms with E-state index in [-0.39, 0.29) is 17.0 Å². The second-order valence-corrected chi connectivity index (χ2v) is 4.79. The largest absolute Gasteiger partial charge is 0.497 e. The van der Waals surface area contributed by atoms with Gasteiger partial charge in [0, 0.05) is 16.5 Å². The number of nitrogens with one attached hydrogen (secondary N) is 1. The maximum absolute atomic E-state index is 12.7. The number of carbonyl (C=O) groups is 2. The number of carboxylic acid groups (broad SMARTS) is 1. The molecular formula is C17H13NO4. The Labute approximate surface area is 126 Å². The standard InChI is InChI=1S/C17H13NO4/c1-22-11-6-4-5-10(9-11)16(19)15-14(17(20)21)12-7-2-3-8-13(12)18-15/h2-9,18H,1H3,(H,20,21). The lowest BCUT2D eigenvalue weighted by atomic mass is 10.0. The molecule has 5 nitrogen and oxygen atoms in total. The molecule has 5 heteroatoms. The summed E-state index contributed by atoms with van der Waals surface area (Å²) in [6.45, 7) is 0. The minimum absolute atomic E-state index is 0.0107. The van der Waals surface area contributed by atoms with Crippen LogP contribution in [0.25, 0.3) is 10.9 Å². The minimum Gasteiger partial charge on any atom is -0.497 e. The Hall–Kier alpha value is -3.08. The fourth-order valence-electron chi connectivity index (χ4n) is 2.44. The molecular weight excluding hydrogens is 282 g/mol. The van der Waals surface area contributed by atoms with Crippen molar-refractivity contribution in [3.8, 4) is 5.75 Å². The molecule has 0 aliphatic carbocycles. The third-order valence-electron chi connectivity index (χ3n) is 3.48. The summed E-state index contributed by atoms with van der Waals surface area (Å²) in [6, 6.07) is 13.6. The van der Waals surface area contributed by atoms with Gasteiger partial charge in [-0.15, -0.1) is 0 Å². The predicted octanol–water partition coefficient (Wildman–Crippen LogP) is 3.11. The summed E-state index contributed by atoms with van der Waals surface area (Å²) in [5, 5.41) is 9.97. The first-order valence-electron chi connectivity index (χ1n) is 6.64. The molecule has 1 aromatic heterocycles. The third kappa shape index (κ3) is 2.22. The number of aromatic amines is 1. The minimum atomic E-state index is -1.14. The van der Waals surface area contributed by atoms with Crippen LogP contribution in [0.15, 0.2) is 48.5 Å². The molecule has 0 atom stereocenters. The first kappa shape index (κ1) is 13.9. The number of methoxy groups -OCH3 is 1. The molecule has 0 bridgehead atoms. The van der Waals surface area contributed by atoms with Crippen molar-refractivity contribution < 1.29 is 19.4 Å². The molecule has 22 heavy (non-hydrogen) atoms. The average Bonchev–Trinajstić information content (AvgIpc) is 2.93. The zero-order chi connectivity index (χ0) is 15.7. The highest BCUT2D eigenvalue weighted by atomic mass is 16.5. The highest BCUT2D eigenvalue weighted by Gasteiger charge is 2.23. The van der Waals surface area contributed by atoms with Crippen molar-refractivity contribution in [3.05, 3.63) is 65.4 Å². The van der Waals surface area contributed by atoms with Gasteiger partial charge in [-0.3, -0.25) is 4.79 Å². The topological polar surface area (TPSA) is 79.4 Å². The lowest BCUT2D eigenvalue weighted by molar-refractivity contribution is 0.0695. The van der Waals surface area contributed by atoms with Crippen LogP contribution in [0.1, 0.15) is 26.4 Å². The average molecular weight is 295 g/mol. The van der Waals surface area contributed by atoms with Crippen LogP contribution < -0.4 is 4.74 Å². The van der Waals surface area contributed by atoms with Gasteiger partial charge in [-0.25, -0.2) is 4.79 Å². The number of carboxylic acids is 1. The molecule has 0 spiro atoms. The number of H-pyrrole nitrogens is 1. The van der Waals surface area contributed by atoms with Gasteiger partial charge in [-0.2, -0.15) is 0 Å². The molecule has 1 heterocycles. The van der Waals surface area contributed by atoms with E-state index in [1.165, 1.54) is 7.11 Å². The zero-order valence-electron chi connectivity index (χ0n) is 11.8. The molecule has 0 aliphatic rings. The van der Waals surface area contributed by atoms with Crippen LogP contribution in [0.3, 0.4) is 0 Å².